The Morgan fingerprint density at radius 1 is 1.64 bits per heavy atom. The highest BCUT2D eigenvalue weighted by Crippen LogP contribution is 2.21. The van der Waals surface area contributed by atoms with Gasteiger partial charge in [0, 0.05) is 30.0 Å². The van der Waals surface area contributed by atoms with E-state index in [2.05, 4.69) is 21.2 Å². The minimum atomic E-state index is 0.0951. The molecule has 0 atom stereocenters. The van der Waals surface area contributed by atoms with Crippen LogP contribution >= 0.6 is 27.3 Å². The van der Waals surface area contributed by atoms with Gasteiger partial charge in [-0.25, -0.2) is 0 Å². The van der Waals surface area contributed by atoms with Crippen LogP contribution in [-0.2, 0) is 11.3 Å². The zero-order valence-electron chi connectivity index (χ0n) is 8.21. The fourth-order valence-corrected chi connectivity index (χ4v) is 2.35. The maximum Gasteiger partial charge on any atom is 0.236 e. The van der Waals surface area contributed by atoms with Crippen molar-refractivity contribution in [2.24, 2.45) is 0 Å². The van der Waals surface area contributed by atoms with E-state index in [4.69, 9.17) is 0 Å². The lowest BCUT2D eigenvalue weighted by Gasteiger charge is -2.10. The molecule has 78 valence electrons. The Hall–Kier alpha value is -0.390. The van der Waals surface area contributed by atoms with Crippen LogP contribution in [-0.4, -0.2) is 31.4 Å². The van der Waals surface area contributed by atoms with Gasteiger partial charge in [0.05, 0.1) is 6.54 Å². The van der Waals surface area contributed by atoms with Gasteiger partial charge in [-0.2, -0.15) is 0 Å². The van der Waals surface area contributed by atoms with Gasteiger partial charge in [-0.3, -0.25) is 4.79 Å². The molecule has 0 radical (unpaired) electrons. The largest absolute Gasteiger partial charge is 0.348 e. The van der Waals surface area contributed by atoms with E-state index in [1.165, 1.54) is 4.88 Å². The summed E-state index contributed by atoms with van der Waals surface area (Å²) in [5.41, 5.74) is 0. The molecule has 0 fully saturated rings. The van der Waals surface area contributed by atoms with Crippen molar-refractivity contribution >= 4 is 33.2 Å². The molecule has 0 unspecified atom stereocenters. The van der Waals surface area contributed by atoms with E-state index in [1.807, 2.05) is 11.4 Å². The Balaban J connectivity index is 2.29. The molecule has 0 aromatic carbocycles. The predicted molar refractivity (Wildman–Crippen MR) is 62.4 cm³/mol. The van der Waals surface area contributed by atoms with Crippen LogP contribution in [0.1, 0.15) is 4.88 Å². The van der Waals surface area contributed by atoms with Gasteiger partial charge in [-0.05, 0) is 27.4 Å². The standard InChI is InChI=1S/C9H13BrN2OS/c1-12(2)9(13)6-11-5-8-7(10)3-4-14-8/h3-4,11H,5-6H2,1-2H3. The first-order valence-electron chi connectivity index (χ1n) is 4.24. The molecule has 14 heavy (non-hydrogen) atoms. The van der Waals surface area contributed by atoms with Gasteiger partial charge in [0.1, 0.15) is 0 Å². The second kappa shape index (κ2) is 5.48. The van der Waals surface area contributed by atoms with Crippen LogP contribution in [0.3, 0.4) is 0 Å². The zero-order chi connectivity index (χ0) is 10.6. The smallest absolute Gasteiger partial charge is 0.236 e. The fourth-order valence-electron chi connectivity index (χ4n) is 0.892. The topological polar surface area (TPSA) is 32.3 Å². The quantitative estimate of drug-likeness (QED) is 0.908. The van der Waals surface area contributed by atoms with Crippen molar-refractivity contribution in [1.29, 1.82) is 0 Å². The number of carbonyl (C=O) groups excluding carboxylic acids is 1. The Morgan fingerprint density at radius 3 is 2.86 bits per heavy atom. The molecule has 1 amide bonds. The van der Waals surface area contributed by atoms with Gasteiger partial charge >= 0.3 is 0 Å². The molecule has 0 saturated heterocycles. The normalized spacial score (nSPS) is 10.2. The minimum Gasteiger partial charge on any atom is -0.348 e. The number of nitrogens with one attached hydrogen (secondary N) is 1. The Morgan fingerprint density at radius 2 is 2.36 bits per heavy atom. The summed E-state index contributed by atoms with van der Waals surface area (Å²) in [6.45, 7) is 1.12. The number of hydrogen-bond acceptors (Lipinski definition) is 3. The molecular weight excluding hydrogens is 264 g/mol. The number of rotatable bonds is 4. The van der Waals surface area contributed by atoms with E-state index >= 15 is 0 Å². The number of hydrogen-bond donors (Lipinski definition) is 1. The van der Waals surface area contributed by atoms with Crippen molar-refractivity contribution in [2.45, 2.75) is 6.54 Å². The summed E-state index contributed by atoms with van der Waals surface area (Å²) in [4.78, 5) is 14.0. The average Bonchev–Trinajstić information content (AvgIpc) is 2.51. The molecule has 3 nitrogen and oxygen atoms in total. The molecule has 0 aliphatic carbocycles. The summed E-state index contributed by atoms with van der Waals surface area (Å²) in [5.74, 6) is 0.0951. The van der Waals surface area contributed by atoms with E-state index < -0.39 is 0 Å². The average molecular weight is 277 g/mol. The summed E-state index contributed by atoms with van der Waals surface area (Å²) in [6.07, 6.45) is 0. The van der Waals surface area contributed by atoms with Crippen LogP contribution in [0, 0.1) is 0 Å². The first-order valence-corrected chi connectivity index (χ1v) is 5.91. The Labute approximate surface area is 96.2 Å². The van der Waals surface area contributed by atoms with Crippen molar-refractivity contribution in [3.63, 3.8) is 0 Å². The predicted octanol–water partition coefficient (Wildman–Crippen LogP) is 1.69. The molecule has 5 heteroatoms. The number of thiophene rings is 1. The summed E-state index contributed by atoms with van der Waals surface area (Å²) in [5, 5.41) is 5.12. The first-order chi connectivity index (χ1) is 6.61. The molecule has 0 aliphatic heterocycles. The van der Waals surface area contributed by atoms with Gasteiger partial charge in [0.2, 0.25) is 5.91 Å². The SMILES string of the molecule is CN(C)C(=O)CNCc1sccc1Br. The van der Waals surface area contributed by atoms with Crippen LogP contribution in [0.5, 0.6) is 0 Å². The zero-order valence-corrected chi connectivity index (χ0v) is 10.6. The van der Waals surface area contributed by atoms with Crippen molar-refractivity contribution in [1.82, 2.24) is 10.2 Å². The van der Waals surface area contributed by atoms with E-state index in [0.29, 0.717) is 6.54 Å². The van der Waals surface area contributed by atoms with Gasteiger partial charge < -0.3 is 10.2 Å². The molecule has 1 rings (SSSR count). The Kier molecular flexibility index (Phi) is 4.57. The van der Waals surface area contributed by atoms with E-state index in [9.17, 15) is 4.79 Å². The highest BCUT2D eigenvalue weighted by Gasteiger charge is 2.04. The number of nitrogens with zero attached hydrogens (tertiary/aromatic N) is 1. The van der Waals surface area contributed by atoms with Gasteiger partial charge in [-0.15, -0.1) is 11.3 Å². The summed E-state index contributed by atoms with van der Waals surface area (Å²) in [7, 11) is 3.51. The summed E-state index contributed by atoms with van der Waals surface area (Å²) < 4.78 is 1.10. The fraction of sp³-hybridized carbons (Fsp3) is 0.444. The van der Waals surface area contributed by atoms with E-state index in [-0.39, 0.29) is 5.91 Å². The van der Waals surface area contributed by atoms with Gasteiger partial charge in [0.25, 0.3) is 0 Å². The highest BCUT2D eigenvalue weighted by atomic mass is 79.9. The number of likely N-dealkylation sites (N-methyl/N-ethyl adjacent to an activating group) is 1. The molecule has 1 aromatic heterocycles. The lowest BCUT2D eigenvalue weighted by atomic mass is 10.4. The monoisotopic (exact) mass is 276 g/mol. The summed E-state index contributed by atoms with van der Waals surface area (Å²) in [6, 6.07) is 2.01. The van der Waals surface area contributed by atoms with Crippen LogP contribution < -0.4 is 5.32 Å². The first kappa shape index (κ1) is 11.7. The van der Waals surface area contributed by atoms with Crippen molar-refractivity contribution in [2.75, 3.05) is 20.6 Å². The lowest BCUT2D eigenvalue weighted by Crippen LogP contribution is -2.32. The van der Waals surface area contributed by atoms with Crippen LogP contribution in [0.15, 0.2) is 15.9 Å². The third-order valence-electron chi connectivity index (χ3n) is 1.75. The van der Waals surface area contributed by atoms with Crippen molar-refractivity contribution in [3.05, 3.63) is 20.8 Å². The summed E-state index contributed by atoms with van der Waals surface area (Å²) >= 11 is 5.11. The highest BCUT2D eigenvalue weighted by molar-refractivity contribution is 9.10. The number of carbonyl (C=O) groups is 1. The molecule has 0 saturated carbocycles. The van der Waals surface area contributed by atoms with Crippen LogP contribution in [0.4, 0.5) is 0 Å². The van der Waals surface area contributed by atoms with Crippen LogP contribution in [0.2, 0.25) is 0 Å². The molecule has 1 N–H and O–H groups in total. The molecule has 0 aliphatic rings. The van der Waals surface area contributed by atoms with Crippen molar-refractivity contribution in [3.8, 4) is 0 Å². The number of halogens is 1. The van der Waals surface area contributed by atoms with E-state index in [0.717, 1.165) is 11.0 Å². The van der Waals surface area contributed by atoms with Gasteiger partial charge in [0.15, 0.2) is 0 Å². The van der Waals surface area contributed by atoms with Gasteiger partial charge in [-0.1, -0.05) is 0 Å². The second-order valence-corrected chi connectivity index (χ2v) is 4.94. The third kappa shape index (κ3) is 3.40. The molecule has 1 aromatic rings. The minimum absolute atomic E-state index is 0.0951. The van der Waals surface area contributed by atoms with Crippen molar-refractivity contribution < 1.29 is 4.79 Å². The van der Waals surface area contributed by atoms with Crippen LogP contribution in [0.25, 0.3) is 0 Å². The molecule has 1 heterocycles. The van der Waals surface area contributed by atoms with E-state index in [1.54, 1.807) is 30.3 Å². The Bertz CT molecular complexity index is 312. The second-order valence-electron chi connectivity index (χ2n) is 3.08. The molecular formula is C9H13BrN2OS. The molecule has 0 bridgehead atoms. The third-order valence-corrected chi connectivity index (χ3v) is 3.68. The number of amides is 1. The maximum atomic E-state index is 11.2. The maximum absolute atomic E-state index is 11.2. The molecule has 0 spiro atoms. The lowest BCUT2D eigenvalue weighted by molar-refractivity contribution is -0.127.